The molecule has 2 aromatic rings. The summed E-state index contributed by atoms with van der Waals surface area (Å²) in [4.78, 5) is 14.8. The Labute approximate surface area is 149 Å². The summed E-state index contributed by atoms with van der Waals surface area (Å²) in [5.74, 6) is 1.84. The van der Waals surface area contributed by atoms with Crippen LogP contribution >= 0.6 is 0 Å². The summed E-state index contributed by atoms with van der Waals surface area (Å²) in [5.41, 5.74) is 3.50. The van der Waals surface area contributed by atoms with Crippen LogP contribution < -0.4 is 9.47 Å². The quantitative estimate of drug-likeness (QED) is 0.832. The van der Waals surface area contributed by atoms with Crippen molar-refractivity contribution < 1.29 is 14.3 Å². The van der Waals surface area contributed by atoms with Crippen LogP contribution in [0.3, 0.4) is 0 Å². The molecule has 1 aliphatic heterocycles. The molecule has 0 aromatic heterocycles. The summed E-state index contributed by atoms with van der Waals surface area (Å²) in [6.07, 6.45) is 1.30. The molecular formula is C21H25NO3. The van der Waals surface area contributed by atoms with Gasteiger partial charge in [0.1, 0.15) is 11.5 Å². The van der Waals surface area contributed by atoms with Crippen molar-refractivity contribution in [3.05, 3.63) is 59.2 Å². The number of carbonyl (C=O) groups excluding carboxylic acids is 1. The Morgan fingerprint density at radius 1 is 1.16 bits per heavy atom. The maximum absolute atomic E-state index is 12.8. The first-order chi connectivity index (χ1) is 12.1. The number of methoxy groups -OCH3 is 1. The minimum Gasteiger partial charge on any atom is -0.497 e. The molecule has 0 saturated heterocycles. The fourth-order valence-corrected chi connectivity index (χ4v) is 3.41. The van der Waals surface area contributed by atoms with E-state index >= 15 is 0 Å². The van der Waals surface area contributed by atoms with Crippen LogP contribution in [0, 0.1) is 0 Å². The maximum Gasteiger partial charge on any atom is 0.227 e. The smallest absolute Gasteiger partial charge is 0.227 e. The van der Waals surface area contributed by atoms with Crippen LogP contribution in [0.25, 0.3) is 0 Å². The summed E-state index contributed by atoms with van der Waals surface area (Å²) in [5, 5.41) is 0. The van der Waals surface area contributed by atoms with Gasteiger partial charge in [0.2, 0.25) is 5.91 Å². The van der Waals surface area contributed by atoms with E-state index in [1.54, 1.807) is 7.11 Å². The Morgan fingerprint density at radius 3 is 2.56 bits per heavy atom. The van der Waals surface area contributed by atoms with Gasteiger partial charge in [-0.25, -0.2) is 0 Å². The number of amides is 1. The lowest BCUT2D eigenvalue weighted by molar-refractivity contribution is -0.133. The normalized spacial score (nSPS) is 16.3. The van der Waals surface area contributed by atoms with Gasteiger partial charge in [-0.05, 0) is 61.2 Å². The van der Waals surface area contributed by atoms with E-state index in [0.29, 0.717) is 13.0 Å². The Balaban J connectivity index is 1.72. The SMILES string of the molecule is CCOc1ccc(CC(=O)N2CCc3ccc(OC)cc3C2C)cc1. The van der Waals surface area contributed by atoms with Crippen molar-refractivity contribution in [2.45, 2.75) is 32.7 Å². The molecule has 4 heteroatoms. The lowest BCUT2D eigenvalue weighted by Gasteiger charge is -2.35. The second-order valence-electron chi connectivity index (χ2n) is 6.33. The van der Waals surface area contributed by atoms with Crippen molar-refractivity contribution >= 4 is 5.91 Å². The highest BCUT2D eigenvalue weighted by atomic mass is 16.5. The van der Waals surface area contributed by atoms with E-state index in [0.717, 1.165) is 30.0 Å². The van der Waals surface area contributed by atoms with Gasteiger partial charge in [-0.3, -0.25) is 4.79 Å². The molecule has 1 unspecified atom stereocenters. The molecule has 1 atom stereocenters. The monoisotopic (exact) mass is 339 g/mol. The van der Waals surface area contributed by atoms with E-state index in [4.69, 9.17) is 9.47 Å². The van der Waals surface area contributed by atoms with Crippen LogP contribution in [0.15, 0.2) is 42.5 Å². The second-order valence-corrected chi connectivity index (χ2v) is 6.33. The number of hydrogen-bond acceptors (Lipinski definition) is 3. The average molecular weight is 339 g/mol. The highest BCUT2D eigenvalue weighted by Crippen LogP contribution is 2.32. The molecule has 0 radical (unpaired) electrons. The minimum atomic E-state index is 0.0639. The largest absolute Gasteiger partial charge is 0.497 e. The van der Waals surface area contributed by atoms with Gasteiger partial charge in [-0.2, -0.15) is 0 Å². The number of nitrogens with zero attached hydrogens (tertiary/aromatic N) is 1. The third kappa shape index (κ3) is 3.78. The molecule has 4 nitrogen and oxygen atoms in total. The van der Waals surface area contributed by atoms with Gasteiger partial charge >= 0.3 is 0 Å². The van der Waals surface area contributed by atoms with Crippen LogP contribution in [0.1, 0.15) is 36.6 Å². The topological polar surface area (TPSA) is 38.8 Å². The van der Waals surface area contributed by atoms with Gasteiger partial charge in [0, 0.05) is 6.54 Å². The molecule has 3 rings (SSSR count). The van der Waals surface area contributed by atoms with Crippen LogP contribution in [0.2, 0.25) is 0 Å². The van der Waals surface area contributed by atoms with E-state index < -0.39 is 0 Å². The average Bonchev–Trinajstić information content (AvgIpc) is 2.63. The third-order valence-corrected chi connectivity index (χ3v) is 4.80. The van der Waals surface area contributed by atoms with Crippen LogP contribution in [-0.4, -0.2) is 31.1 Å². The summed E-state index contributed by atoms with van der Waals surface area (Å²) in [6.45, 7) is 5.46. The number of benzene rings is 2. The van der Waals surface area contributed by atoms with Crippen LogP contribution in [0.5, 0.6) is 11.5 Å². The molecule has 1 heterocycles. The zero-order valence-electron chi connectivity index (χ0n) is 15.1. The standard InChI is InChI=1S/C21H25NO3/c1-4-25-18-8-5-16(6-9-18)13-21(23)22-12-11-17-7-10-19(24-3)14-20(17)15(22)2/h5-10,14-15H,4,11-13H2,1-3H3. The fraction of sp³-hybridized carbons (Fsp3) is 0.381. The Hall–Kier alpha value is -2.49. The molecule has 0 spiro atoms. The van der Waals surface area contributed by atoms with Crippen molar-refractivity contribution in [2.24, 2.45) is 0 Å². The number of rotatable bonds is 5. The predicted molar refractivity (Wildman–Crippen MR) is 98.1 cm³/mol. The minimum absolute atomic E-state index is 0.0639. The highest BCUT2D eigenvalue weighted by Gasteiger charge is 2.27. The van der Waals surface area contributed by atoms with Crippen LogP contribution in [-0.2, 0) is 17.6 Å². The summed E-state index contributed by atoms with van der Waals surface area (Å²) in [7, 11) is 1.67. The molecular weight excluding hydrogens is 314 g/mol. The van der Waals surface area contributed by atoms with E-state index in [1.807, 2.05) is 42.2 Å². The van der Waals surface area contributed by atoms with Gasteiger partial charge in [0.25, 0.3) is 0 Å². The number of carbonyl (C=O) groups is 1. The number of ether oxygens (including phenoxy) is 2. The van der Waals surface area contributed by atoms with Gasteiger partial charge in [-0.15, -0.1) is 0 Å². The molecule has 0 fully saturated rings. The van der Waals surface area contributed by atoms with Crippen molar-refractivity contribution in [3.63, 3.8) is 0 Å². The molecule has 0 saturated carbocycles. The van der Waals surface area contributed by atoms with E-state index in [1.165, 1.54) is 11.1 Å². The van der Waals surface area contributed by atoms with E-state index in [-0.39, 0.29) is 11.9 Å². The van der Waals surface area contributed by atoms with E-state index in [9.17, 15) is 4.79 Å². The van der Waals surface area contributed by atoms with Gasteiger partial charge in [-0.1, -0.05) is 18.2 Å². The Kier molecular flexibility index (Phi) is 5.27. The van der Waals surface area contributed by atoms with Crippen molar-refractivity contribution in [1.29, 1.82) is 0 Å². The summed E-state index contributed by atoms with van der Waals surface area (Å²) in [6, 6.07) is 14.0. The Bertz CT molecular complexity index is 739. The van der Waals surface area contributed by atoms with Crippen molar-refractivity contribution in [3.8, 4) is 11.5 Å². The number of hydrogen-bond donors (Lipinski definition) is 0. The maximum atomic E-state index is 12.8. The summed E-state index contributed by atoms with van der Waals surface area (Å²) >= 11 is 0. The molecule has 1 aliphatic rings. The Morgan fingerprint density at radius 2 is 1.88 bits per heavy atom. The third-order valence-electron chi connectivity index (χ3n) is 4.80. The van der Waals surface area contributed by atoms with Crippen molar-refractivity contribution in [2.75, 3.05) is 20.3 Å². The van der Waals surface area contributed by atoms with Gasteiger partial charge in [0.05, 0.1) is 26.2 Å². The molecule has 132 valence electrons. The molecule has 0 N–H and O–H groups in total. The fourth-order valence-electron chi connectivity index (χ4n) is 3.41. The molecule has 0 bridgehead atoms. The van der Waals surface area contributed by atoms with Gasteiger partial charge in [0.15, 0.2) is 0 Å². The molecule has 2 aromatic carbocycles. The first-order valence-electron chi connectivity index (χ1n) is 8.80. The first-order valence-corrected chi connectivity index (χ1v) is 8.80. The zero-order valence-corrected chi connectivity index (χ0v) is 15.1. The lowest BCUT2D eigenvalue weighted by atomic mass is 9.92. The summed E-state index contributed by atoms with van der Waals surface area (Å²) < 4.78 is 10.8. The molecule has 25 heavy (non-hydrogen) atoms. The highest BCUT2D eigenvalue weighted by molar-refractivity contribution is 5.79. The number of fused-ring (bicyclic) bond motifs is 1. The van der Waals surface area contributed by atoms with Crippen LogP contribution in [0.4, 0.5) is 0 Å². The predicted octanol–water partition coefficient (Wildman–Crippen LogP) is 3.78. The second kappa shape index (κ2) is 7.60. The van der Waals surface area contributed by atoms with Gasteiger partial charge < -0.3 is 14.4 Å². The molecule has 0 aliphatic carbocycles. The van der Waals surface area contributed by atoms with E-state index in [2.05, 4.69) is 19.1 Å². The lowest BCUT2D eigenvalue weighted by Crippen LogP contribution is -2.39. The zero-order chi connectivity index (χ0) is 17.8. The first kappa shape index (κ1) is 17.3. The van der Waals surface area contributed by atoms with Crippen molar-refractivity contribution in [1.82, 2.24) is 4.90 Å². The molecule has 1 amide bonds.